The number of piperazine rings is 1. The standard InChI is InChI=1S/C12H12BrIN2O3/c13-7-1-2-9(14)8(5-7)11(17)16-4-3-15-6-10(16)12(18)19/h1-2,5,10,15H,3-4,6H2,(H,18,19). The Balaban J connectivity index is 2.31. The number of halogens is 2. The minimum absolute atomic E-state index is 0.236. The average molecular weight is 439 g/mol. The fourth-order valence-corrected chi connectivity index (χ4v) is 2.91. The molecule has 0 saturated carbocycles. The number of carbonyl (C=O) groups excluding carboxylic acids is 1. The number of amides is 1. The van der Waals surface area contributed by atoms with Crippen molar-refractivity contribution >= 4 is 50.4 Å². The van der Waals surface area contributed by atoms with E-state index in [1.165, 1.54) is 4.90 Å². The molecule has 1 aromatic rings. The maximum absolute atomic E-state index is 12.5. The molecule has 5 nitrogen and oxygen atoms in total. The van der Waals surface area contributed by atoms with Gasteiger partial charge in [0.15, 0.2) is 0 Å². The number of hydrogen-bond acceptors (Lipinski definition) is 3. The first-order chi connectivity index (χ1) is 9.00. The third kappa shape index (κ3) is 3.26. The van der Waals surface area contributed by atoms with Crippen LogP contribution in [0.15, 0.2) is 22.7 Å². The van der Waals surface area contributed by atoms with E-state index in [0.717, 1.165) is 8.04 Å². The lowest BCUT2D eigenvalue weighted by atomic mass is 10.1. The molecule has 0 bridgehead atoms. The molecule has 2 N–H and O–H groups in total. The quantitative estimate of drug-likeness (QED) is 0.687. The van der Waals surface area contributed by atoms with Crippen LogP contribution < -0.4 is 5.32 Å². The van der Waals surface area contributed by atoms with Gasteiger partial charge in [0.1, 0.15) is 6.04 Å². The van der Waals surface area contributed by atoms with Crippen LogP contribution in [-0.2, 0) is 4.79 Å². The van der Waals surface area contributed by atoms with Crippen LogP contribution in [0.5, 0.6) is 0 Å². The minimum Gasteiger partial charge on any atom is -0.480 e. The Bertz CT molecular complexity index is 524. The highest BCUT2D eigenvalue weighted by Crippen LogP contribution is 2.21. The zero-order valence-corrected chi connectivity index (χ0v) is 13.6. The number of aliphatic carboxylic acids is 1. The normalized spacial score (nSPS) is 19.3. The SMILES string of the molecule is O=C(O)C1CNCCN1C(=O)c1cc(Br)ccc1I. The summed E-state index contributed by atoms with van der Waals surface area (Å²) in [7, 11) is 0. The van der Waals surface area contributed by atoms with Gasteiger partial charge in [0.2, 0.25) is 0 Å². The van der Waals surface area contributed by atoms with Gasteiger partial charge in [-0.25, -0.2) is 4.79 Å². The summed E-state index contributed by atoms with van der Waals surface area (Å²) in [6.07, 6.45) is 0. The van der Waals surface area contributed by atoms with Crippen LogP contribution in [0.25, 0.3) is 0 Å². The summed E-state index contributed by atoms with van der Waals surface area (Å²) in [4.78, 5) is 25.1. The average Bonchev–Trinajstić information content (AvgIpc) is 2.40. The van der Waals surface area contributed by atoms with Crippen LogP contribution >= 0.6 is 38.5 Å². The van der Waals surface area contributed by atoms with E-state index >= 15 is 0 Å². The summed E-state index contributed by atoms with van der Waals surface area (Å²) >= 11 is 5.41. The largest absolute Gasteiger partial charge is 0.480 e. The van der Waals surface area contributed by atoms with Gasteiger partial charge in [-0.1, -0.05) is 15.9 Å². The first-order valence-corrected chi connectivity index (χ1v) is 7.57. The lowest BCUT2D eigenvalue weighted by molar-refractivity contribution is -0.142. The molecule has 102 valence electrons. The van der Waals surface area contributed by atoms with Crippen molar-refractivity contribution in [3.8, 4) is 0 Å². The second-order valence-electron chi connectivity index (χ2n) is 4.18. The van der Waals surface area contributed by atoms with E-state index in [1.54, 1.807) is 6.07 Å². The van der Waals surface area contributed by atoms with Gasteiger partial charge in [0.05, 0.1) is 5.56 Å². The van der Waals surface area contributed by atoms with E-state index in [2.05, 4.69) is 43.8 Å². The van der Waals surface area contributed by atoms with Gasteiger partial charge >= 0.3 is 5.97 Å². The van der Waals surface area contributed by atoms with Gasteiger partial charge in [-0.2, -0.15) is 0 Å². The number of carbonyl (C=O) groups is 2. The van der Waals surface area contributed by atoms with Gasteiger partial charge in [-0.05, 0) is 40.8 Å². The zero-order valence-electron chi connectivity index (χ0n) is 9.90. The van der Waals surface area contributed by atoms with Crippen molar-refractivity contribution in [1.29, 1.82) is 0 Å². The summed E-state index contributed by atoms with van der Waals surface area (Å²) in [5, 5.41) is 12.2. The fourth-order valence-electron chi connectivity index (χ4n) is 1.98. The molecule has 0 spiro atoms. The third-order valence-corrected chi connectivity index (χ3v) is 4.38. The molecule has 7 heteroatoms. The second-order valence-corrected chi connectivity index (χ2v) is 6.26. The van der Waals surface area contributed by atoms with E-state index in [4.69, 9.17) is 0 Å². The summed E-state index contributed by atoms with van der Waals surface area (Å²) in [6, 6.07) is 4.60. The third-order valence-electron chi connectivity index (χ3n) is 2.95. The Hall–Kier alpha value is -0.670. The lowest BCUT2D eigenvalue weighted by Gasteiger charge is -2.33. The number of carboxylic acid groups (broad SMARTS) is 1. The molecule has 0 aliphatic carbocycles. The molecule has 1 atom stereocenters. The maximum Gasteiger partial charge on any atom is 0.327 e. The van der Waals surface area contributed by atoms with Crippen molar-refractivity contribution in [2.75, 3.05) is 19.6 Å². The molecule has 1 aliphatic rings. The van der Waals surface area contributed by atoms with Gasteiger partial charge in [0.25, 0.3) is 5.91 Å². The Morgan fingerprint density at radius 2 is 2.21 bits per heavy atom. The number of carboxylic acids is 1. The van der Waals surface area contributed by atoms with Crippen molar-refractivity contribution in [2.24, 2.45) is 0 Å². The van der Waals surface area contributed by atoms with E-state index in [1.807, 2.05) is 12.1 Å². The van der Waals surface area contributed by atoms with Crippen molar-refractivity contribution in [2.45, 2.75) is 6.04 Å². The predicted octanol–water partition coefficient (Wildman–Crippen LogP) is 1.55. The van der Waals surface area contributed by atoms with Gasteiger partial charge in [0, 0.05) is 27.7 Å². The maximum atomic E-state index is 12.5. The number of nitrogens with zero attached hydrogens (tertiary/aromatic N) is 1. The van der Waals surface area contributed by atoms with E-state index in [0.29, 0.717) is 18.7 Å². The summed E-state index contributed by atoms with van der Waals surface area (Å²) in [6.45, 7) is 1.30. The van der Waals surface area contributed by atoms with E-state index in [9.17, 15) is 14.7 Å². The van der Waals surface area contributed by atoms with E-state index in [-0.39, 0.29) is 12.5 Å². The molecule has 2 rings (SSSR count). The summed E-state index contributed by atoms with van der Waals surface area (Å²) < 4.78 is 1.62. The number of nitrogens with one attached hydrogen (secondary N) is 1. The summed E-state index contributed by atoms with van der Waals surface area (Å²) in [5.74, 6) is -1.22. The molecule has 1 fully saturated rings. The molecule has 1 aromatic carbocycles. The second kappa shape index (κ2) is 6.19. The highest BCUT2D eigenvalue weighted by Gasteiger charge is 2.33. The molecule has 1 heterocycles. The van der Waals surface area contributed by atoms with Crippen LogP contribution in [0.4, 0.5) is 0 Å². The van der Waals surface area contributed by atoms with Crippen molar-refractivity contribution in [3.63, 3.8) is 0 Å². The smallest absolute Gasteiger partial charge is 0.327 e. The van der Waals surface area contributed by atoms with Gasteiger partial charge in [-0.15, -0.1) is 0 Å². The number of rotatable bonds is 2. The van der Waals surface area contributed by atoms with Crippen molar-refractivity contribution in [1.82, 2.24) is 10.2 Å². The first kappa shape index (κ1) is 14.7. The molecular formula is C12H12BrIN2O3. The number of benzene rings is 1. The molecular weight excluding hydrogens is 427 g/mol. The van der Waals surface area contributed by atoms with Crippen molar-refractivity contribution < 1.29 is 14.7 Å². The Morgan fingerprint density at radius 1 is 1.47 bits per heavy atom. The monoisotopic (exact) mass is 438 g/mol. The highest BCUT2D eigenvalue weighted by atomic mass is 127. The Morgan fingerprint density at radius 3 is 2.89 bits per heavy atom. The van der Waals surface area contributed by atoms with Gasteiger partial charge in [-0.3, -0.25) is 4.79 Å². The van der Waals surface area contributed by atoms with Crippen LogP contribution in [0.1, 0.15) is 10.4 Å². The predicted molar refractivity (Wildman–Crippen MR) is 82.2 cm³/mol. The van der Waals surface area contributed by atoms with Gasteiger partial charge < -0.3 is 15.3 Å². The fraction of sp³-hybridized carbons (Fsp3) is 0.333. The minimum atomic E-state index is -0.981. The summed E-state index contributed by atoms with van der Waals surface area (Å²) in [5.41, 5.74) is 0.531. The molecule has 0 aromatic heterocycles. The molecule has 0 radical (unpaired) electrons. The van der Waals surface area contributed by atoms with E-state index < -0.39 is 12.0 Å². The molecule has 19 heavy (non-hydrogen) atoms. The van der Waals surface area contributed by atoms with Crippen LogP contribution in [0.3, 0.4) is 0 Å². The van der Waals surface area contributed by atoms with Crippen LogP contribution in [0, 0.1) is 3.57 Å². The molecule has 1 amide bonds. The highest BCUT2D eigenvalue weighted by molar-refractivity contribution is 14.1. The molecule has 1 aliphatic heterocycles. The Kier molecular flexibility index (Phi) is 4.80. The first-order valence-electron chi connectivity index (χ1n) is 5.70. The van der Waals surface area contributed by atoms with Crippen molar-refractivity contribution in [3.05, 3.63) is 31.8 Å². The number of hydrogen-bond donors (Lipinski definition) is 2. The van der Waals surface area contributed by atoms with Crippen LogP contribution in [0.2, 0.25) is 0 Å². The lowest BCUT2D eigenvalue weighted by Crippen LogP contribution is -2.57. The van der Waals surface area contributed by atoms with Crippen LogP contribution in [-0.4, -0.2) is 47.6 Å². The molecule has 1 saturated heterocycles. The Labute approximate surface area is 132 Å². The topological polar surface area (TPSA) is 69.6 Å². The molecule has 1 unspecified atom stereocenters. The zero-order chi connectivity index (χ0) is 14.0.